The van der Waals surface area contributed by atoms with E-state index in [-0.39, 0.29) is 0 Å². The lowest BCUT2D eigenvalue weighted by atomic mass is 9.48. The van der Waals surface area contributed by atoms with Gasteiger partial charge < -0.3 is 19.9 Å². The Bertz CT molecular complexity index is 1150. The van der Waals surface area contributed by atoms with Crippen molar-refractivity contribution in [3.05, 3.63) is 42.0 Å². The maximum Gasteiger partial charge on any atom is 0.312 e. The first-order chi connectivity index (χ1) is 13.7. The van der Waals surface area contributed by atoms with Gasteiger partial charge in [0.15, 0.2) is 0 Å². The molecule has 2 heterocycles. The van der Waals surface area contributed by atoms with Gasteiger partial charge in [-0.2, -0.15) is 0 Å². The van der Waals surface area contributed by atoms with Crippen LogP contribution < -0.4 is 4.74 Å². The Morgan fingerprint density at radius 3 is 2.62 bits per heavy atom. The molecule has 5 rings (SSSR count). The molecule has 0 bridgehead atoms. The summed E-state index contributed by atoms with van der Waals surface area (Å²) in [6, 6.07) is 12.5. The number of para-hydroxylation sites is 1. The van der Waals surface area contributed by atoms with Gasteiger partial charge >= 0.3 is 5.97 Å². The minimum absolute atomic E-state index is 0.416. The van der Waals surface area contributed by atoms with Crippen LogP contribution in [0.1, 0.15) is 45.6 Å². The average Bonchev–Trinajstić information content (AvgIpc) is 3.00. The van der Waals surface area contributed by atoms with Crippen molar-refractivity contribution < 1.29 is 19.7 Å². The molecule has 1 aromatic heterocycles. The third-order valence-electron chi connectivity index (χ3n) is 8.24. The van der Waals surface area contributed by atoms with E-state index < -0.39 is 28.5 Å². The number of carbonyl (C=O) groups is 1. The van der Waals surface area contributed by atoms with Crippen molar-refractivity contribution in [3.63, 3.8) is 0 Å². The molecule has 1 aliphatic carbocycles. The largest absolute Gasteiger partial charge is 0.487 e. The number of aliphatic hydroxyl groups is 1. The van der Waals surface area contributed by atoms with Crippen molar-refractivity contribution in [3.8, 4) is 5.75 Å². The number of nitrogens with one attached hydrogen (secondary N) is 1. The second-order valence-electron chi connectivity index (χ2n) is 9.40. The normalized spacial score (nSPS) is 34.3. The summed E-state index contributed by atoms with van der Waals surface area (Å²) in [6.45, 7) is 5.69. The molecule has 0 amide bonds. The molecule has 1 aliphatic heterocycles. The topological polar surface area (TPSA) is 82.5 Å². The highest BCUT2D eigenvalue weighted by molar-refractivity contribution is 6.07. The van der Waals surface area contributed by atoms with Crippen LogP contribution in [0.5, 0.6) is 5.75 Å². The summed E-state index contributed by atoms with van der Waals surface area (Å²) < 4.78 is 6.68. The molecule has 2 aromatic carbocycles. The van der Waals surface area contributed by atoms with Crippen molar-refractivity contribution in [1.29, 1.82) is 0 Å². The van der Waals surface area contributed by atoms with E-state index in [0.29, 0.717) is 25.7 Å². The Morgan fingerprint density at radius 2 is 1.86 bits per heavy atom. The maximum absolute atomic E-state index is 12.3. The molecule has 1 saturated carbocycles. The summed E-state index contributed by atoms with van der Waals surface area (Å²) in [5, 5.41) is 23.1. The van der Waals surface area contributed by atoms with Gasteiger partial charge in [-0.05, 0) is 63.3 Å². The molecule has 2 aliphatic rings. The van der Waals surface area contributed by atoms with E-state index >= 15 is 0 Å². The van der Waals surface area contributed by atoms with E-state index in [0.717, 1.165) is 33.1 Å². The Hall–Kier alpha value is -2.53. The molecule has 152 valence electrons. The van der Waals surface area contributed by atoms with Gasteiger partial charge in [0, 0.05) is 27.2 Å². The predicted octanol–water partition coefficient (Wildman–Crippen LogP) is 4.66. The zero-order valence-corrected chi connectivity index (χ0v) is 17.1. The first-order valence-corrected chi connectivity index (χ1v) is 10.3. The average molecular weight is 393 g/mol. The van der Waals surface area contributed by atoms with Crippen LogP contribution in [0.15, 0.2) is 36.4 Å². The van der Waals surface area contributed by atoms with Crippen molar-refractivity contribution in [2.24, 2.45) is 10.8 Å². The van der Waals surface area contributed by atoms with Crippen LogP contribution in [0.2, 0.25) is 0 Å². The summed E-state index contributed by atoms with van der Waals surface area (Å²) in [7, 11) is 0. The number of fused-ring (bicyclic) bond motifs is 5. The molecule has 0 radical (unpaired) electrons. The first kappa shape index (κ1) is 18.5. The molecule has 0 unspecified atom stereocenters. The van der Waals surface area contributed by atoms with E-state index in [1.165, 1.54) is 0 Å². The second-order valence-corrected chi connectivity index (χ2v) is 9.40. The summed E-state index contributed by atoms with van der Waals surface area (Å²) in [5.74, 6) is -0.122. The molecule has 0 spiro atoms. The fourth-order valence-electron chi connectivity index (χ4n) is 5.80. The van der Waals surface area contributed by atoms with Crippen LogP contribution in [-0.2, 0) is 11.2 Å². The van der Waals surface area contributed by atoms with Crippen LogP contribution in [0.25, 0.3) is 21.8 Å². The Morgan fingerprint density at radius 1 is 1.10 bits per heavy atom. The van der Waals surface area contributed by atoms with Gasteiger partial charge in [0.1, 0.15) is 11.4 Å². The van der Waals surface area contributed by atoms with Crippen LogP contribution in [0.4, 0.5) is 0 Å². The lowest BCUT2D eigenvalue weighted by Gasteiger charge is -2.58. The minimum atomic E-state index is -1.27. The number of carboxylic acid groups (broad SMARTS) is 1. The molecule has 5 heteroatoms. The zero-order valence-electron chi connectivity index (χ0n) is 17.1. The summed E-state index contributed by atoms with van der Waals surface area (Å²) in [6.07, 6.45) is 1.50. The second kappa shape index (κ2) is 5.76. The van der Waals surface area contributed by atoms with Crippen LogP contribution in [0, 0.1) is 10.8 Å². The molecule has 29 heavy (non-hydrogen) atoms. The number of hydrogen-bond donors (Lipinski definition) is 3. The number of aliphatic carboxylic acids is 1. The summed E-state index contributed by atoms with van der Waals surface area (Å²) >= 11 is 0. The highest BCUT2D eigenvalue weighted by Gasteiger charge is 2.67. The van der Waals surface area contributed by atoms with Crippen molar-refractivity contribution >= 4 is 27.8 Å². The molecular weight excluding hydrogens is 366 g/mol. The molecule has 4 atom stereocenters. The predicted molar refractivity (Wildman–Crippen MR) is 112 cm³/mol. The number of aliphatic hydroxyl groups excluding tert-OH is 1. The lowest BCUT2D eigenvalue weighted by molar-refractivity contribution is -0.212. The zero-order chi connectivity index (χ0) is 20.6. The van der Waals surface area contributed by atoms with Crippen molar-refractivity contribution in [2.75, 3.05) is 0 Å². The lowest BCUT2D eigenvalue weighted by Crippen LogP contribution is -2.66. The van der Waals surface area contributed by atoms with E-state index in [2.05, 4.69) is 29.2 Å². The number of benzene rings is 2. The molecule has 5 nitrogen and oxygen atoms in total. The minimum Gasteiger partial charge on any atom is -0.487 e. The quantitative estimate of drug-likeness (QED) is 0.562. The van der Waals surface area contributed by atoms with Crippen molar-refractivity contribution in [1.82, 2.24) is 4.98 Å². The van der Waals surface area contributed by atoms with Crippen LogP contribution >= 0.6 is 0 Å². The van der Waals surface area contributed by atoms with Crippen LogP contribution in [-0.4, -0.2) is 32.9 Å². The summed E-state index contributed by atoms with van der Waals surface area (Å²) in [4.78, 5) is 15.8. The maximum atomic E-state index is 12.3. The van der Waals surface area contributed by atoms with Crippen molar-refractivity contribution in [2.45, 2.75) is 58.2 Å². The number of carboxylic acids is 1. The molecule has 3 aromatic rings. The Balaban J connectivity index is 1.68. The third kappa shape index (κ3) is 2.22. The highest BCUT2D eigenvalue weighted by Crippen LogP contribution is 2.61. The fraction of sp³-hybridized carbons (Fsp3) is 0.458. The molecule has 0 saturated heterocycles. The molecule has 1 fully saturated rings. The monoisotopic (exact) mass is 393 g/mol. The van der Waals surface area contributed by atoms with E-state index in [1.54, 1.807) is 6.92 Å². The van der Waals surface area contributed by atoms with Gasteiger partial charge in [-0.1, -0.05) is 25.1 Å². The van der Waals surface area contributed by atoms with Gasteiger partial charge in [-0.3, -0.25) is 4.79 Å². The molecular formula is C24H27NO4. The van der Waals surface area contributed by atoms with E-state index in [1.807, 2.05) is 26.0 Å². The number of hydrogen-bond acceptors (Lipinski definition) is 3. The number of aryl methyl sites for hydroxylation is 1. The number of ether oxygens (including phenoxy) is 1. The Kier molecular flexibility index (Phi) is 3.67. The fourth-order valence-corrected chi connectivity index (χ4v) is 5.80. The van der Waals surface area contributed by atoms with Gasteiger partial charge in [-0.25, -0.2) is 0 Å². The molecule has 3 N–H and O–H groups in total. The number of aromatic amines is 1. The number of rotatable bonds is 1. The van der Waals surface area contributed by atoms with E-state index in [9.17, 15) is 15.0 Å². The number of H-pyrrole nitrogens is 1. The van der Waals surface area contributed by atoms with E-state index in [4.69, 9.17) is 4.74 Å². The SMILES string of the molecule is C[C@@]12CCc3cc4[nH]c5ccccc5c4cc3O[C@@]1(C)CC[C@H](O)[C@@]2(C)C(=O)O. The highest BCUT2D eigenvalue weighted by atomic mass is 16.5. The number of aromatic nitrogens is 1. The van der Waals surface area contributed by atoms with Crippen LogP contribution in [0.3, 0.4) is 0 Å². The standard InChI is InChI=1S/C24H27NO4/c1-22-10-8-14-12-18-16(15-6-4-5-7-17(15)25-18)13-19(14)29-23(22,2)11-9-20(26)24(22,3)21(27)28/h4-7,12-13,20,25-26H,8-11H2,1-3H3,(H,27,28)/t20-,22+,23-,24-/m0/s1. The smallest absolute Gasteiger partial charge is 0.312 e. The van der Waals surface area contributed by atoms with Gasteiger partial charge in [0.2, 0.25) is 0 Å². The van der Waals surface area contributed by atoms with Gasteiger partial charge in [0.25, 0.3) is 0 Å². The van der Waals surface area contributed by atoms with Gasteiger partial charge in [0.05, 0.1) is 11.5 Å². The summed E-state index contributed by atoms with van der Waals surface area (Å²) in [5.41, 5.74) is 0.592. The Labute approximate surface area is 169 Å². The first-order valence-electron chi connectivity index (χ1n) is 10.3. The van der Waals surface area contributed by atoms with Gasteiger partial charge in [-0.15, -0.1) is 0 Å². The third-order valence-corrected chi connectivity index (χ3v) is 8.24.